The fraction of sp³-hybridized carbons (Fsp3) is 0.250. The van der Waals surface area contributed by atoms with Gasteiger partial charge in [0.05, 0.1) is 33.3 Å². The van der Waals surface area contributed by atoms with Gasteiger partial charge >= 0.3 is 12.1 Å². The molecule has 0 aliphatic rings. The van der Waals surface area contributed by atoms with E-state index in [1.807, 2.05) is 0 Å². The molecular weight excluding hydrogens is 396 g/mol. The van der Waals surface area contributed by atoms with Crippen molar-refractivity contribution < 1.29 is 31.5 Å². The first kappa shape index (κ1) is 18.7. The van der Waals surface area contributed by atoms with E-state index in [0.717, 1.165) is 12.1 Å². The predicted molar refractivity (Wildman–Crippen MR) is 78.9 cm³/mol. The number of rotatable bonds is 4. The largest absolute Gasteiger partial charge is 0.481 e. The second-order valence-electron chi connectivity index (χ2n) is 4.59. The quantitative estimate of drug-likeness (QED) is 0.842. The number of fused-ring (bicyclic) bond motifs is 1. The Morgan fingerprint density at radius 3 is 2.08 bits per heavy atom. The Bertz CT molecular complexity index is 932. The van der Waals surface area contributed by atoms with Gasteiger partial charge in [0.25, 0.3) is 0 Å². The highest BCUT2D eigenvalue weighted by molar-refractivity contribution is 7.91. The number of sulfone groups is 1. The van der Waals surface area contributed by atoms with Crippen LogP contribution < -0.4 is 0 Å². The van der Waals surface area contributed by atoms with Crippen molar-refractivity contribution in [1.29, 1.82) is 0 Å². The molecule has 0 unspecified atom stereocenters. The molecule has 1 aromatic carbocycles. The van der Waals surface area contributed by atoms with Gasteiger partial charge in [-0.1, -0.05) is 23.2 Å². The molecule has 0 atom stereocenters. The molecule has 0 aliphatic heterocycles. The summed E-state index contributed by atoms with van der Waals surface area (Å²) in [4.78, 5) is 17.3. The minimum absolute atomic E-state index is 0.0490. The predicted octanol–water partition coefficient (Wildman–Crippen LogP) is 3.20. The van der Waals surface area contributed by atoms with Crippen LogP contribution in [-0.4, -0.2) is 35.2 Å². The van der Waals surface area contributed by atoms with Gasteiger partial charge < -0.3 is 5.11 Å². The highest BCUT2D eigenvalue weighted by atomic mass is 35.5. The van der Waals surface area contributed by atoms with Gasteiger partial charge in [-0.25, -0.2) is 18.4 Å². The lowest BCUT2D eigenvalue weighted by molar-refractivity contribution is -0.143. The highest BCUT2D eigenvalue weighted by Gasteiger charge is 2.41. The Hall–Kier alpha value is -1.65. The monoisotopic (exact) mass is 402 g/mol. The van der Waals surface area contributed by atoms with E-state index in [-0.39, 0.29) is 21.1 Å². The maximum atomic E-state index is 13.1. The first-order valence-electron chi connectivity index (χ1n) is 6.10. The van der Waals surface area contributed by atoms with E-state index >= 15 is 0 Å². The summed E-state index contributed by atoms with van der Waals surface area (Å²) < 4.78 is 63.6. The fourth-order valence-corrected chi connectivity index (χ4v) is 3.40. The summed E-state index contributed by atoms with van der Waals surface area (Å²) >= 11 is 11.4. The average molecular weight is 403 g/mol. The molecule has 0 fully saturated rings. The number of alkyl halides is 3. The van der Waals surface area contributed by atoms with Crippen LogP contribution in [0.15, 0.2) is 17.2 Å². The summed E-state index contributed by atoms with van der Waals surface area (Å²) in [7, 11) is -4.63. The summed E-state index contributed by atoms with van der Waals surface area (Å²) in [5.74, 6) is -2.52. The SMILES string of the molecule is O=C(O)CCS(=O)(=O)c1nc2cc(Cl)c(Cl)cc2nc1C(F)(F)F. The maximum Gasteiger partial charge on any atom is 0.436 e. The van der Waals surface area contributed by atoms with Crippen LogP contribution in [0.25, 0.3) is 11.0 Å². The third kappa shape index (κ3) is 3.87. The smallest absolute Gasteiger partial charge is 0.436 e. The lowest BCUT2D eigenvalue weighted by atomic mass is 10.3. The van der Waals surface area contributed by atoms with Crippen LogP contribution in [0.1, 0.15) is 12.1 Å². The number of benzene rings is 1. The van der Waals surface area contributed by atoms with Crippen LogP contribution >= 0.6 is 23.2 Å². The van der Waals surface area contributed by atoms with E-state index in [0.29, 0.717) is 0 Å². The lowest BCUT2D eigenvalue weighted by Gasteiger charge is -2.13. The molecule has 1 heterocycles. The minimum atomic E-state index is -5.11. The van der Waals surface area contributed by atoms with Crippen molar-refractivity contribution in [2.75, 3.05) is 5.75 Å². The number of hydrogen-bond acceptors (Lipinski definition) is 5. The Morgan fingerprint density at radius 1 is 1.12 bits per heavy atom. The summed E-state index contributed by atoms with van der Waals surface area (Å²) in [6.45, 7) is 0. The molecule has 0 radical (unpaired) electrons. The van der Waals surface area contributed by atoms with Crippen LogP contribution in [0, 0.1) is 0 Å². The van der Waals surface area contributed by atoms with E-state index in [4.69, 9.17) is 28.3 Å². The minimum Gasteiger partial charge on any atom is -0.481 e. The molecule has 0 aliphatic carbocycles. The van der Waals surface area contributed by atoms with Gasteiger partial charge in [0, 0.05) is 0 Å². The molecule has 0 bridgehead atoms. The summed E-state index contributed by atoms with van der Waals surface area (Å²) in [5, 5.41) is 7.07. The van der Waals surface area contributed by atoms with Gasteiger partial charge in [-0.05, 0) is 12.1 Å². The van der Waals surface area contributed by atoms with Gasteiger partial charge in [0.1, 0.15) is 0 Å². The molecule has 0 saturated heterocycles. The van der Waals surface area contributed by atoms with E-state index in [9.17, 15) is 26.4 Å². The fourth-order valence-electron chi connectivity index (χ4n) is 1.76. The van der Waals surface area contributed by atoms with E-state index < -0.39 is 44.9 Å². The van der Waals surface area contributed by atoms with Crippen LogP contribution in [0.4, 0.5) is 13.2 Å². The van der Waals surface area contributed by atoms with Crippen LogP contribution in [-0.2, 0) is 20.8 Å². The first-order chi connectivity index (χ1) is 10.9. The topological polar surface area (TPSA) is 97.2 Å². The van der Waals surface area contributed by atoms with Crippen molar-refractivity contribution in [1.82, 2.24) is 9.97 Å². The molecule has 6 nitrogen and oxygen atoms in total. The number of halogens is 5. The molecule has 1 N–H and O–H groups in total. The van der Waals surface area contributed by atoms with Gasteiger partial charge in [-0.2, -0.15) is 13.2 Å². The van der Waals surface area contributed by atoms with E-state index in [1.165, 1.54) is 0 Å². The van der Waals surface area contributed by atoms with Crippen molar-refractivity contribution in [2.24, 2.45) is 0 Å². The lowest BCUT2D eigenvalue weighted by Crippen LogP contribution is -2.20. The van der Waals surface area contributed by atoms with E-state index in [1.54, 1.807) is 0 Å². The molecule has 0 spiro atoms. The summed E-state index contributed by atoms with van der Waals surface area (Å²) in [6, 6.07) is 2.09. The molecule has 2 aromatic rings. The van der Waals surface area contributed by atoms with Crippen molar-refractivity contribution in [2.45, 2.75) is 17.6 Å². The number of carboxylic acids is 1. The Balaban J connectivity index is 2.75. The molecule has 1 aromatic heterocycles. The number of carboxylic acid groups (broad SMARTS) is 1. The molecule has 0 saturated carbocycles. The Kier molecular flexibility index (Phi) is 4.93. The van der Waals surface area contributed by atoms with Gasteiger partial charge in [-0.15, -0.1) is 0 Å². The van der Waals surface area contributed by atoms with Crippen molar-refractivity contribution in [3.05, 3.63) is 27.9 Å². The number of aromatic nitrogens is 2. The zero-order chi connectivity index (χ0) is 18.3. The van der Waals surface area contributed by atoms with E-state index in [2.05, 4.69) is 9.97 Å². The molecule has 2 rings (SSSR count). The van der Waals surface area contributed by atoms with Crippen LogP contribution in [0.3, 0.4) is 0 Å². The molecule has 130 valence electrons. The number of nitrogens with zero attached hydrogens (tertiary/aromatic N) is 2. The van der Waals surface area contributed by atoms with Crippen LogP contribution in [0.5, 0.6) is 0 Å². The molecule has 12 heteroatoms. The van der Waals surface area contributed by atoms with Gasteiger partial charge in [-0.3, -0.25) is 4.79 Å². The average Bonchev–Trinajstić information content (AvgIpc) is 2.44. The number of carbonyl (C=O) groups is 1. The Labute approximate surface area is 143 Å². The Morgan fingerprint density at radius 2 is 1.62 bits per heavy atom. The highest BCUT2D eigenvalue weighted by Crippen LogP contribution is 2.35. The molecular formula is C12H7Cl2F3N2O4S. The normalized spacial score (nSPS) is 12.5. The number of aliphatic carboxylic acids is 1. The molecule has 24 heavy (non-hydrogen) atoms. The second-order valence-corrected chi connectivity index (χ2v) is 7.43. The van der Waals surface area contributed by atoms with Gasteiger partial charge in [0.15, 0.2) is 20.6 Å². The summed E-state index contributed by atoms with van der Waals surface area (Å²) in [5.41, 5.74) is -2.25. The standard InChI is InChI=1S/C12H7Cl2F3N2O4S/c13-5-3-7-8(4-6(5)14)19-11(10(18-7)12(15,16)17)24(22,23)2-1-9(20)21/h3-4H,1-2H2,(H,20,21). The third-order valence-electron chi connectivity index (χ3n) is 2.82. The summed E-state index contributed by atoms with van der Waals surface area (Å²) in [6.07, 6.45) is -5.99. The zero-order valence-electron chi connectivity index (χ0n) is 11.4. The van der Waals surface area contributed by atoms with Crippen molar-refractivity contribution in [3.63, 3.8) is 0 Å². The zero-order valence-corrected chi connectivity index (χ0v) is 13.8. The number of hydrogen-bond donors (Lipinski definition) is 1. The van der Waals surface area contributed by atoms with Gasteiger partial charge in [0.2, 0.25) is 0 Å². The van der Waals surface area contributed by atoms with Crippen molar-refractivity contribution in [3.8, 4) is 0 Å². The van der Waals surface area contributed by atoms with Crippen LogP contribution in [0.2, 0.25) is 10.0 Å². The van der Waals surface area contributed by atoms with Crippen molar-refractivity contribution >= 4 is 50.0 Å². The molecule has 0 amide bonds. The second kappa shape index (κ2) is 6.34. The maximum absolute atomic E-state index is 13.1. The third-order valence-corrected chi connectivity index (χ3v) is 5.16. The first-order valence-corrected chi connectivity index (χ1v) is 8.51.